The molecule has 6 heteroatoms. The monoisotopic (exact) mass is 369 g/mol. The third-order valence-electron chi connectivity index (χ3n) is 4.83. The van der Waals surface area contributed by atoms with E-state index >= 15 is 0 Å². The molecule has 4 nitrogen and oxygen atoms in total. The van der Waals surface area contributed by atoms with Crippen LogP contribution in [0.25, 0.3) is 0 Å². The van der Waals surface area contributed by atoms with E-state index in [-0.39, 0.29) is 23.7 Å². The summed E-state index contributed by atoms with van der Waals surface area (Å²) in [5, 5.41) is 11.9. The van der Waals surface area contributed by atoms with Crippen molar-refractivity contribution in [2.45, 2.75) is 37.6 Å². The molecule has 118 valence electrons. The van der Waals surface area contributed by atoms with Crippen LogP contribution in [0.4, 0.5) is 4.39 Å². The van der Waals surface area contributed by atoms with Crippen molar-refractivity contribution < 1.29 is 19.1 Å². The topological polar surface area (TPSA) is 66.4 Å². The smallest absolute Gasteiger partial charge is 0.307 e. The third kappa shape index (κ3) is 2.89. The molecule has 0 saturated heterocycles. The fourth-order valence-corrected chi connectivity index (χ4v) is 3.59. The zero-order chi connectivity index (χ0) is 15.9. The van der Waals surface area contributed by atoms with Gasteiger partial charge in [0.25, 0.3) is 0 Å². The molecule has 0 spiro atoms. The van der Waals surface area contributed by atoms with Crippen LogP contribution in [-0.4, -0.2) is 23.0 Å². The number of halogens is 2. The average molecular weight is 370 g/mol. The maximum Gasteiger partial charge on any atom is 0.307 e. The van der Waals surface area contributed by atoms with Crippen molar-refractivity contribution in [2.24, 2.45) is 11.8 Å². The molecule has 0 heterocycles. The van der Waals surface area contributed by atoms with Gasteiger partial charge in [0.2, 0.25) is 5.91 Å². The second-order valence-electron chi connectivity index (χ2n) is 6.18. The number of benzene rings is 1. The Morgan fingerprint density at radius 1 is 1.23 bits per heavy atom. The van der Waals surface area contributed by atoms with Gasteiger partial charge in [-0.25, -0.2) is 4.39 Å². The predicted molar refractivity (Wildman–Crippen MR) is 81.9 cm³/mol. The van der Waals surface area contributed by atoms with Gasteiger partial charge in [-0.3, -0.25) is 9.59 Å². The number of hydrogen-bond donors (Lipinski definition) is 2. The summed E-state index contributed by atoms with van der Waals surface area (Å²) in [6.07, 6.45) is 2.87. The Labute approximate surface area is 136 Å². The van der Waals surface area contributed by atoms with E-state index in [0.29, 0.717) is 23.2 Å². The van der Waals surface area contributed by atoms with Crippen molar-refractivity contribution in [3.05, 3.63) is 34.1 Å². The highest BCUT2D eigenvalue weighted by Crippen LogP contribution is 2.39. The lowest BCUT2D eigenvalue weighted by Gasteiger charge is -2.39. The van der Waals surface area contributed by atoms with E-state index in [9.17, 15) is 14.0 Å². The van der Waals surface area contributed by atoms with Gasteiger partial charge in [0.1, 0.15) is 5.82 Å². The first-order valence-electron chi connectivity index (χ1n) is 7.44. The number of carbonyl (C=O) groups excluding carboxylic acids is 1. The summed E-state index contributed by atoms with van der Waals surface area (Å²) in [7, 11) is 0. The summed E-state index contributed by atoms with van der Waals surface area (Å²) in [4.78, 5) is 23.0. The molecule has 1 aromatic rings. The zero-order valence-corrected chi connectivity index (χ0v) is 13.5. The van der Waals surface area contributed by atoms with E-state index in [0.717, 1.165) is 18.4 Å². The molecule has 1 aromatic carbocycles. The van der Waals surface area contributed by atoms with Gasteiger partial charge >= 0.3 is 5.97 Å². The molecule has 2 fully saturated rings. The van der Waals surface area contributed by atoms with Gasteiger partial charge in [-0.15, -0.1) is 0 Å². The summed E-state index contributed by atoms with van der Waals surface area (Å²) in [5.41, 5.74) is 1.06. The van der Waals surface area contributed by atoms with Crippen LogP contribution in [0.15, 0.2) is 22.7 Å². The molecule has 1 amide bonds. The number of carboxylic acid groups (broad SMARTS) is 1. The average Bonchev–Trinajstić information content (AvgIpc) is 2.35. The molecule has 2 saturated carbocycles. The molecule has 0 bridgehead atoms. The molecule has 2 N–H and O–H groups in total. The molecule has 0 radical (unpaired) electrons. The van der Waals surface area contributed by atoms with Crippen LogP contribution in [0.3, 0.4) is 0 Å². The van der Waals surface area contributed by atoms with Gasteiger partial charge < -0.3 is 10.4 Å². The Morgan fingerprint density at radius 3 is 2.45 bits per heavy atom. The Balaban J connectivity index is 1.50. The largest absolute Gasteiger partial charge is 0.481 e. The van der Waals surface area contributed by atoms with Gasteiger partial charge in [-0.1, -0.05) is 6.07 Å². The fraction of sp³-hybridized carbons (Fsp3) is 0.500. The van der Waals surface area contributed by atoms with Crippen molar-refractivity contribution in [3.8, 4) is 0 Å². The summed E-state index contributed by atoms with van der Waals surface area (Å²) in [6.45, 7) is 0. The molecule has 2 aliphatic carbocycles. The van der Waals surface area contributed by atoms with E-state index in [1.165, 1.54) is 6.07 Å². The highest BCUT2D eigenvalue weighted by Gasteiger charge is 2.43. The van der Waals surface area contributed by atoms with Crippen LogP contribution in [0.5, 0.6) is 0 Å². The minimum atomic E-state index is -0.881. The summed E-state index contributed by atoms with van der Waals surface area (Å²) >= 11 is 3.18. The molecule has 0 aliphatic heterocycles. The van der Waals surface area contributed by atoms with Gasteiger partial charge in [-0.05, 0) is 65.2 Å². The first-order valence-corrected chi connectivity index (χ1v) is 8.23. The molecule has 2 unspecified atom stereocenters. The normalized spacial score (nSPS) is 30.1. The number of rotatable bonds is 4. The van der Waals surface area contributed by atoms with E-state index in [1.807, 2.05) is 0 Å². The molecular weight excluding hydrogens is 353 g/mol. The Kier molecular flexibility index (Phi) is 4.21. The maximum absolute atomic E-state index is 13.2. The second kappa shape index (κ2) is 5.99. The quantitative estimate of drug-likeness (QED) is 0.856. The molecule has 2 atom stereocenters. The minimum Gasteiger partial charge on any atom is -0.481 e. The fourth-order valence-electron chi connectivity index (χ4n) is 3.19. The van der Waals surface area contributed by atoms with E-state index < -0.39 is 11.9 Å². The molecular formula is C16H17BrFNO3. The van der Waals surface area contributed by atoms with Crippen LogP contribution in [0, 0.1) is 17.7 Å². The van der Waals surface area contributed by atoms with Crippen molar-refractivity contribution in [1.82, 2.24) is 5.32 Å². The standard InChI is InChI=1S/C16H17BrFNO3/c17-13-7-8(1-4-14(13)18)9-5-10(6-9)19-15(20)11-2-3-12(11)16(21)22/h1,4,7,9-12H,2-3,5-6H2,(H,19,20)(H,21,22). The summed E-state index contributed by atoms with van der Waals surface area (Å²) in [5.74, 6) is -1.88. The van der Waals surface area contributed by atoms with Crippen molar-refractivity contribution in [3.63, 3.8) is 0 Å². The van der Waals surface area contributed by atoms with Crippen LogP contribution in [0.1, 0.15) is 37.2 Å². The van der Waals surface area contributed by atoms with Gasteiger partial charge in [0.05, 0.1) is 16.3 Å². The zero-order valence-electron chi connectivity index (χ0n) is 11.9. The van der Waals surface area contributed by atoms with Crippen molar-refractivity contribution >= 4 is 27.8 Å². The van der Waals surface area contributed by atoms with Crippen LogP contribution in [-0.2, 0) is 9.59 Å². The molecule has 2 aliphatic rings. The molecule has 22 heavy (non-hydrogen) atoms. The number of nitrogens with one attached hydrogen (secondary N) is 1. The second-order valence-corrected chi connectivity index (χ2v) is 7.03. The first-order chi connectivity index (χ1) is 10.5. The van der Waals surface area contributed by atoms with Crippen molar-refractivity contribution in [1.29, 1.82) is 0 Å². The number of aliphatic carboxylic acids is 1. The van der Waals surface area contributed by atoms with Crippen LogP contribution in [0.2, 0.25) is 0 Å². The minimum absolute atomic E-state index is 0.0939. The Bertz CT molecular complexity index is 615. The van der Waals surface area contributed by atoms with E-state index in [2.05, 4.69) is 21.2 Å². The molecule has 0 aromatic heterocycles. The van der Waals surface area contributed by atoms with Gasteiger partial charge in [-0.2, -0.15) is 0 Å². The Morgan fingerprint density at radius 2 is 1.91 bits per heavy atom. The van der Waals surface area contributed by atoms with Gasteiger partial charge in [0, 0.05) is 6.04 Å². The highest BCUT2D eigenvalue weighted by atomic mass is 79.9. The summed E-state index contributed by atoms with van der Waals surface area (Å²) in [6, 6.07) is 5.09. The highest BCUT2D eigenvalue weighted by molar-refractivity contribution is 9.10. The third-order valence-corrected chi connectivity index (χ3v) is 5.44. The molecule has 3 rings (SSSR count). The van der Waals surface area contributed by atoms with Crippen LogP contribution < -0.4 is 5.32 Å². The number of amides is 1. The number of carbonyl (C=O) groups is 2. The van der Waals surface area contributed by atoms with E-state index in [4.69, 9.17) is 5.11 Å². The predicted octanol–water partition coefficient (Wildman–Crippen LogP) is 3.06. The first kappa shape index (κ1) is 15.5. The lowest BCUT2D eigenvalue weighted by Crippen LogP contribution is -2.50. The van der Waals surface area contributed by atoms with E-state index in [1.54, 1.807) is 12.1 Å². The lowest BCUT2D eigenvalue weighted by atomic mass is 9.71. The Hall–Kier alpha value is -1.43. The number of carboxylic acids is 1. The van der Waals surface area contributed by atoms with Crippen LogP contribution >= 0.6 is 15.9 Å². The van der Waals surface area contributed by atoms with Gasteiger partial charge in [0.15, 0.2) is 0 Å². The number of hydrogen-bond acceptors (Lipinski definition) is 2. The van der Waals surface area contributed by atoms with Crippen molar-refractivity contribution in [2.75, 3.05) is 0 Å². The lowest BCUT2D eigenvalue weighted by molar-refractivity contribution is -0.153. The maximum atomic E-state index is 13.2. The summed E-state index contributed by atoms with van der Waals surface area (Å²) < 4.78 is 13.7. The SMILES string of the molecule is O=C(O)C1CCC1C(=O)NC1CC(c2ccc(F)c(Br)c2)C1.